The predicted octanol–water partition coefficient (Wildman–Crippen LogP) is 3.57. The Bertz CT molecular complexity index is 1300. The number of hydrogen-bond acceptors (Lipinski definition) is 5. The second kappa shape index (κ2) is 9.27. The first-order valence-electron chi connectivity index (χ1n) is 10.7. The molecular weight excluding hydrogens is 446 g/mol. The largest absolute Gasteiger partial charge is 0.380 e. The Hall–Kier alpha value is -2.33. The van der Waals surface area contributed by atoms with E-state index in [1.165, 1.54) is 39.9 Å². The van der Waals surface area contributed by atoms with Gasteiger partial charge in [-0.25, -0.2) is 8.42 Å². The summed E-state index contributed by atoms with van der Waals surface area (Å²) in [5.74, 6) is -0.405. The second-order valence-electron chi connectivity index (χ2n) is 7.90. The number of ether oxygens (including phenoxy) is 1. The Morgan fingerprint density at radius 3 is 2.59 bits per heavy atom. The molecule has 0 saturated heterocycles. The maximum Gasteiger partial charge on any atom is 0.279 e. The molecule has 0 aliphatic heterocycles. The minimum Gasteiger partial charge on any atom is -0.380 e. The van der Waals surface area contributed by atoms with Gasteiger partial charge in [0.15, 0.2) is 4.80 Å². The fourth-order valence-corrected chi connectivity index (χ4v) is 6.07. The molecule has 1 aliphatic carbocycles. The number of nitrogens with zero attached hydrogens (tertiary/aromatic N) is 3. The number of carbonyl (C=O) groups is 1. The van der Waals surface area contributed by atoms with E-state index in [0.717, 1.165) is 28.6 Å². The van der Waals surface area contributed by atoms with Gasteiger partial charge in [-0.2, -0.15) is 9.30 Å². The number of hydrogen-bond donors (Lipinski definition) is 0. The van der Waals surface area contributed by atoms with Crippen LogP contribution in [0.3, 0.4) is 0 Å². The second-order valence-corrected chi connectivity index (χ2v) is 10.9. The lowest BCUT2D eigenvalue weighted by Crippen LogP contribution is -2.28. The zero-order valence-electron chi connectivity index (χ0n) is 18.4. The van der Waals surface area contributed by atoms with Crippen LogP contribution in [0.5, 0.6) is 0 Å². The summed E-state index contributed by atoms with van der Waals surface area (Å²) in [6.45, 7) is 5.72. The van der Waals surface area contributed by atoms with Crippen molar-refractivity contribution in [3.05, 3.63) is 58.4 Å². The average molecular weight is 474 g/mol. The smallest absolute Gasteiger partial charge is 0.279 e. The predicted molar refractivity (Wildman–Crippen MR) is 125 cm³/mol. The van der Waals surface area contributed by atoms with Crippen molar-refractivity contribution in [1.82, 2.24) is 8.87 Å². The molecule has 3 aromatic rings. The molecule has 32 heavy (non-hydrogen) atoms. The molecule has 1 saturated carbocycles. The maximum atomic E-state index is 12.9. The van der Waals surface area contributed by atoms with Crippen molar-refractivity contribution < 1.29 is 17.9 Å². The number of aryl methyl sites for hydroxylation is 1. The molecule has 1 amide bonds. The number of fused-ring (bicyclic) bond motifs is 1. The summed E-state index contributed by atoms with van der Waals surface area (Å²) in [5, 5.41) is 0. The summed E-state index contributed by atoms with van der Waals surface area (Å²) in [4.78, 5) is 18.0. The van der Waals surface area contributed by atoms with Crippen LogP contribution in [-0.2, 0) is 21.3 Å². The molecule has 1 heterocycles. The number of benzene rings is 2. The van der Waals surface area contributed by atoms with Gasteiger partial charge < -0.3 is 9.30 Å². The molecule has 4 rings (SSSR count). The van der Waals surface area contributed by atoms with Crippen molar-refractivity contribution in [3.63, 3.8) is 0 Å². The molecule has 1 aliphatic rings. The van der Waals surface area contributed by atoms with Crippen LogP contribution < -0.4 is 4.80 Å². The van der Waals surface area contributed by atoms with E-state index >= 15 is 0 Å². The highest BCUT2D eigenvalue weighted by Crippen LogP contribution is 2.30. The highest BCUT2D eigenvalue weighted by molar-refractivity contribution is 7.89. The quantitative estimate of drug-likeness (QED) is 0.469. The van der Waals surface area contributed by atoms with Gasteiger partial charge in [0.2, 0.25) is 10.0 Å². The van der Waals surface area contributed by atoms with Gasteiger partial charge >= 0.3 is 0 Å². The Morgan fingerprint density at radius 2 is 1.94 bits per heavy atom. The van der Waals surface area contributed by atoms with E-state index in [1.807, 2.05) is 30.5 Å². The fraction of sp³-hybridized carbons (Fsp3) is 0.391. The zero-order chi connectivity index (χ0) is 22.9. The number of aromatic nitrogens is 1. The lowest BCUT2D eigenvalue weighted by molar-refractivity contribution is 0.0996. The molecule has 9 heteroatoms. The molecule has 1 fully saturated rings. The van der Waals surface area contributed by atoms with Crippen LogP contribution in [0.25, 0.3) is 10.2 Å². The van der Waals surface area contributed by atoms with Crippen LogP contribution >= 0.6 is 11.3 Å². The molecule has 0 spiro atoms. The standard InChI is InChI=1S/C23H27N3O4S2/c1-4-30-14-13-26-20-12-5-16(2)15-21(20)31-23(26)24-22(27)17-6-10-19(11-7-17)32(28,29)25(3)18-8-9-18/h5-7,10-12,15,18H,4,8-9,13-14H2,1-3H3. The average Bonchev–Trinajstić information content (AvgIpc) is 3.57. The van der Waals surface area contributed by atoms with Crippen LogP contribution in [-0.4, -0.2) is 49.5 Å². The summed E-state index contributed by atoms with van der Waals surface area (Å²) < 4.78 is 35.3. The van der Waals surface area contributed by atoms with Crippen molar-refractivity contribution in [2.75, 3.05) is 20.3 Å². The van der Waals surface area contributed by atoms with Gasteiger partial charge in [-0.3, -0.25) is 4.79 Å². The molecule has 0 radical (unpaired) electrons. The van der Waals surface area contributed by atoms with E-state index in [1.54, 1.807) is 7.05 Å². The van der Waals surface area contributed by atoms with E-state index in [4.69, 9.17) is 4.74 Å². The number of amides is 1. The highest BCUT2D eigenvalue weighted by atomic mass is 32.2. The topological polar surface area (TPSA) is 81.0 Å². The summed E-state index contributed by atoms with van der Waals surface area (Å²) in [7, 11) is -1.94. The molecule has 2 aromatic carbocycles. The molecule has 0 N–H and O–H groups in total. The van der Waals surface area contributed by atoms with Crippen molar-refractivity contribution in [3.8, 4) is 0 Å². The lowest BCUT2D eigenvalue weighted by Gasteiger charge is -2.16. The molecule has 0 atom stereocenters. The lowest BCUT2D eigenvalue weighted by atomic mass is 10.2. The van der Waals surface area contributed by atoms with Crippen LogP contribution in [0.2, 0.25) is 0 Å². The molecule has 0 unspecified atom stereocenters. The molecule has 1 aromatic heterocycles. The first-order chi connectivity index (χ1) is 15.3. The number of carbonyl (C=O) groups excluding carboxylic acids is 1. The molecular formula is C23H27N3O4S2. The third-order valence-electron chi connectivity index (χ3n) is 5.54. The minimum atomic E-state index is -3.54. The fourth-order valence-electron chi connectivity index (χ4n) is 3.50. The summed E-state index contributed by atoms with van der Waals surface area (Å²) >= 11 is 1.46. The van der Waals surface area contributed by atoms with E-state index < -0.39 is 15.9 Å². The molecule has 0 bridgehead atoms. The third kappa shape index (κ3) is 4.71. The zero-order valence-corrected chi connectivity index (χ0v) is 20.1. The van der Waals surface area contributed by atoms with E-state index in [-0.39, 0.29) is 10.9 Å². The van der Waals surface area contributed by atoms with Gasteiger partial charge in [-0.15, -0.1) is 0 Å². The summed E-state index contributed by atoms with van der Waals surface area (Å²) in [6, 6.07) is 12.3. The van der Waals surface area contributed by atoms with Crippen molar-refractivity contribution in [2.24, 2.45) is 4.99 Å². The normalized spacial score (nSPS) is 15.1. The van der Waals surface area contributed by atoms with E-state index in [2.05, 4.69) is 11.1 Å². The van der Waals surface area contributed by atoms with Crippen molar-refractivity contribution in [2.45, 2.75) is 44.2 Å². The molecule has 7 nitrogen and oxygen atoms in total. The molecule has 170 valence electrons. The Balaban J connectivity index is 1.65. The van der Waals surface area contributed by atoms with Crippen LogP contribution in [0.1, 0.15) is 35.7 Å². The van der Waals surface area contributed by atoms with Crippen molar-refractivity contribution >= 4 is 37.5 Å². The Morgan fingerprint density at radius 1 is 1.22 bits per heavy atom. The SMILES string of the molecule is CCOCCn1c(=NC(=O)c2ccc(S(=O)(=O)N(C)C3CC3)cc2)sc2cc(C)ccc21. The van der Waals surface area contributed by atoms with Crippen LogP contribution in [0, 0.1) is 6.92 Å². The minimum absolute atomic E-state index is 0.0834. The van der Waals surface area contributed by atoms with Crippen LogP contribution in [0.4, 0.5) is 0 Å². The summed E-state index contributed by atoms with van der Waals surface area (Å²) in [5.41, 5.74) is 2.50. The van der Waals surface area contributed by atoms with Gasteiger partial charge in [0.05, 0.1) is 21.7 Å². The number of rotatable bonds is 8. The highest BCUT2D eigenvalue weighted by Gasteiger charge is 2.35. The first-order valence-corrected chi connectivity index (χ1v) is 12.9. The number of thiazole rings is 1. The van der Waals surface area contributed by atoms with E-state index in [9.17, 15) is 13.2 Å². The first kappa shape index (κ1) is 22.8. The Kier molecular flexibility index (Phi) is 6.62. The number of sulfonamides is 1. The maximum absolute atomic E-state index is 12.9. The monoisotopic (exact) mass is 473 g/mol. The Labute approximate surface area is 192 Å². The van der Waals surface area contributed by atoms with Gasteiger partial charge in [0, 0.05) is 31.8 Å². The van der Waals surface area contributed by atoms with Gasteiger partial charge in [-0.05, 0) is 68.7 Å². The van der Waals surface area contributed by atoms with Gasteiger partial charge in [-0.1, -0.05) is 17.4 Å². The van der Waals surface area contributed by atoms with Crippen molar-refractivity contribution in [1.29, 1.82) is 0 Å². The van der Waals surface area contributed by atoms with Gasteiger partial charge in [0.25, 0.3) is 5.91 Å². The van der Waals surface area contributed by atoms with Gasteiger partial charge in [0.1, 0.15) is 0 Å². The third-order valence-corrected chi connectivity index (χ3v) is 8.50. The van der Waals surface area contributed by atoms with Crippen LogP contribution in [0.15, 0.2) is 52.4 Å². The summed E-state index contributed by atoms with van der Waals surface area (Å²) in [6.07, 6.45) is 1.78. The van der Waals surface area contributed by atoms with E-state index in [0.29, 0.717) is 30.1 Å².